The van der Waals surface area contributed by atoms with Crippen molar-refractivity contribution in [3.63, 3.8) is 0 Å². The number of likely N-dealkylation sites (tertiary alicyclic amines) is 1. The lowest BCUT2D eigenvalue weighted by Crippen LogP contribution is -2.43. The van der Waals surface area contributed by atoms with Gasteiger partial charge in [0.25, 0.3) is 0 Å². The number of nitrogens with zero attached hydrogens (tertiary/aromatic N) is 1. The Kier molecular flexibility index (Phi) is 6.06. The molecule has 0 aliphatic carbocycles. The van der Waals surface area contributed by atoms with Gasteiger partial charge in [0.2, 0.25) is 5.91 Å². The monoisotopic (exact) mass is 357 g/mol. The van der Waals surface area contributed by atoms with Crippen LogP contribution < -0.4 is 10.7 Å². The van der Waals surface area contributed by atoms with E-state index in [0.29, 0.717) is 31.4 Å². The van der Waals surface area contributed by atoms with Crippen LogP contribution in [0, 0.1) is 12.8 Å². The molecule has 0 bridgehead atoms. The van der Waals surface area contributed by atoms with Crippen molar-refractivity contribution in [2.24, 2.45) is 5.92 Å². The number of aliphatic hydroxyl groups is 1. The van der Waals surface area contributed by atoms with Crippen LogP contribution in [0.25, 0.3) is 10.9 Å². The topological polar surface area (TPSA) is 85.4 Å². The van der Waals surface area contributed by atoms with Crippen LogP contribution in [-0.4, -0.2) is 47.1 Å². The molecule has 1 atom stereocenters. The number of nitrogens with one attached hydrogen (secondary N) is 2. The van der Waals surface area contributed by atoms with Crippen LogP contribution in [-0.2, 0) is 11.3 Å². The second-order valence-corrected chi connectivity index (χ2v) is 7.15. The van der Waals surface area contributed by atoms with E-state index in [1.807, 2.05) is 25.1 Å². The minimum atomic E-state index is -0.0303. The van der Waals surface area contributed by atoms with E-state index in [2.05, 4.69) is 15.2 Å². The predicted molar refractivity (Wildman–Crippen MR) is 102 cm³/mol. The van der Waals surface area contributed by atoms with Crippen LogP contribution in [0.3, 0.4) is 0 Å². The molecule has 3 N–H and O–H groups in total. The maximum atomic E-state index is 12.4. The van der Waals surface area contributed by atoms with Gasteiger partial charge in [0.1, 0.15) is 0 Å². The van der Waals surface area contributed by atoms with Crippen LogP contribution in [0.2, 0.25) is 0 Å². The summed E-state index contributed by atoms with van der Waals surface area (Å²) in [5.74, 6) is 0.0305. The van der Waals surface area contributed by atoms with Crippen molar-refractivity contribution in [1.82, 2.24) is 15.2 Å². The fourth-order valence-electron chi connectivity index (χ4n) is 3.59. The molecule has 0 spiro atoms. The highest BCUT2D eigenvalue weighted by molar-refractivity contribution is 5.79. The molecule has 6 heteroatoms. The number of carbonyl (C=O) groups is 1. The van der Waals surface area contributed by atoms with E-state index in [1.54, 1.807) is 6.07 Å². The lowest BCUT2D eigenvalue weighted by Gasteiger charge is -2.31. The van der Waals surface area contributed by atoms with Crippen molar-refractivity contribution in [2.75, 3.05) is 26.2 Å². The van der Waals surface area contributed by atoms with Crippen LogP contribution in [0.5, 0.6) is 0 Å². The van der Waals surface area contributed by atoms with Gasteiger partial charge >= 0.3 is 0 Å². The van der Waals surface area contributed by atoms with Gasteiger partial charge in [-0.25, -0.2) is 0 Å². The molecule has 0 unspecified atom stereocenters. The molecule has 6 nitrogen and oxygen atoms in total. The zero-order valence-electron chi connectivity index (χ0n) is 15.3. The van der Waals surface area contributed by atoms with Gasteiger partial charge in [0.15, 0.2) is 5.43 Å². The fourth-order valence-corrected chi connectivity index (χ4v) is 3.59. The lowest BCUT2D eigenvalue weighted by atomic mass is 9.97. The molecule has 1 aromatic carbocycles. The quantitative estimate of drug-likeness (QED) is 0.685. The number of aromatic nitrogens is 1. The average Bonchev–Trinajstić information content (AvgIpc) is 2.63. The Morgan fingerprint density at radius 2 is 2.23 bits per heavy atom. The molecule has 1 amide bonds. The molecule has 1 aromatic heterocycles. The summed E-state index contributed by atoms with van der Waals surface area (Å²) in [5.41, 5.74) is 2.84. The molecule has 3 rings (SSSR count). The lowest BCUT2D eigenvalue weighted by molar-refractivity contribution is -0.126. The molecule has 140 valence electrons. The van der Waals surface area contributed by atoms with E-state index in [4.69, 9.17) is 5.11 Å². The number of aromatic amines is 1. The van der Waals surface area contributed by atoms with Gasteiger partial charge < -0.3 is 15.4 Å². The van der Waals surface area contributed by atoms with Gasteiger partial charge in [-0.2, -0.15) is 0 Å². The van der Waals surface area contributed by atoms with E-state index in [9.17, 15) is 9.59 Å². The second-order valence-electron chi connectivity index (χ2n) is 7.15. The van der Waals surface area contributed by atoms with Crippen molar-refractivity contribution >= 4 is 16.8 Å². The first-order valence-electron chi connectivity index (χ1n) is 9.30. The standard InChI is InChI=1S/C20H27N3O3/c1-14-5-6-18-17(10-14)19(25)11-16(22-18)13-23-8-2-4-15(12-23)20(26)21-7-3-9-24/h5-6,10-11,15,24H,2-4,7-9,12-13H2,1H3,(H,21,26)(H,22,25)/t15-/m0/s1. The Hall–Kier alpha value is -2.18. The second kappa shape index (κ2) is 8.47. The number of piperidine rings is 1. The van der Waals surface area contributed by atoms with Crippen LogP contribution in [0.4, 0.5) is 0 Å². The Labute approximate surface area is 153 Å². The van der Waals surface area contributed by atoms with Gasteiger partial charge in [-0.05, 0) is 44.9 Å². The first kappa shape index (κ1) is 18.6. The number of hydrogen-bond acceptors (Lipinski definition) is 4. The first-order chi connectivity index (χ1) is 12.6. The molecular formula is C20H27N3O3. The minimum Gasteiger partial charge on any atom is -0.396 e. The predicted octanol–water partition coefficient (Wildman–Crippen LogP) is 1.55. The SMILES string of the molecule is Cc1ccc2[nH]c(CN3CCC[C@H](C(=O)NCCCO)C3)cc(=O)c2c1. The number of aryl methyl sites for hydroxylation is 1. The molecular weight excluding hydrogens is 330 g/mol. The highest BCUT2D eigenvalue weighted by atomic mass is 16.3. The largest absolute Gasteiger partial charge is 0.396 e. The van der Waals surface area contributed by atoms with Gasteiger partial charge in [-0.3, -0.25) is 14.5 Å². The smallest absolute Gasteiger partial charge is 0.224 e. The summed E-state index contributed by atoms with van der Waals surface area (Å²) in [5, 5.41) is 12.4. The normalized spacial score (nSPS) is 18.2. The number of fused-ring (bicyclic) bond motifs is 1. The molecule has 1 aliphatic heterocycles. The third-order valence-electron chi connectivity index (χ3n) is 4.95. The maximum absolute atomic E-state index is 12.4. The van der Waals surface area contributed by atoms with Gasteiger partial charge in [0.05, 0.1) is 5.92 Å². The van der Waals surface area contributed by atoms with Crippen molar-refractivity contribution < 1.29 is 9.90 Å². The van der Waals surface area contributed by atoms with Gasteiger partial charge in [-0.1, -0.05) is 11.6 Å². The van der Waals surface area contributed by atoms with E-state index >= 15 is 0 Å². The average molecular weight is 357 g/mol. The fraction of sp³-hybridized carbons (Fsp3) is 0.500. The number of hydrogen-bond donors (Lipinski definition) is 3. The van der Waals surface area contributed by atoms with Crippen molar-refractivity contribution in [1.29, 1.82) is 0 Å². The first-order valence-corrected chi connectivity index (χ1v) is 9.30. The summed E-state index contributed by atoms with van der Waals surface area (Å²) in [6.45, 7) is 4.84. The van der Waals surface area contributed by atoms with Crippen LogP contribution in [0.1, 0.15) is 30.5 Å². The van der Waals surface area contributed by atoms with Crippen molar-refractivity contribution in [3.8, 4) is 0 Å². The van der Waals surface area contributed by atoms with Gasteiger partial charge in [0, 0.05) is 48.9 Å². The third kappa shape index (κ3) is 4.51. The van der Waals surface area contributed by atoms with Crippen molar-refractivity contribution in [3.05, 3.63) is 45.7 Å². The van der Waals surface area contributed by atoms with E-state index in [1.165, 1.54) is 0 Å². The zero-order chi connectivity index (χ0) is 18.5. The molecule has 2 aromatic rings. The molecule has 1 saturated heterocycles. The molecule has 2 heterocycles. The third-order valence-corrected chi connectivity index (χ3v) is 4.95. The minimum absolute atomic E-state index is 0.0303. The summed E-state index contributed by atoms with van der Waals surface area (Å²) in [7, 11) is 0. The number of pyridine rings is 1. The van der Waals surface area contributed by atoms with E-state index < -0.39 is 0 Å². The number of benzene rings is 1. The Balaban J connectivity index is 1.67. The molecule has 0 radical (unpaired) electrons. The van der Waals surface area contributed by atoms with E-state index in [0.717, 1.165) is 36.2 Å². The number of aliphatic hydroxyl groups excluding tert-OH is 1. The molecule has 1 aliphatic rings. The van der Waals surface area contributed by atoms with Crippen molar-refractivity contribution in [2.45, 2.75) is 32.7 Å². The number of rotatable bonds is 6. The van der Waals surface area contributed by atoms with E-state index in [-0.39, 0.29) is 23.9 Å². The molecule has 1 fully saturated rings. The Morgan fingerprint density at radius 1 is 1.38 bits per heavy atom. The van der Waals surface area contributed by atoms with Crippen LogP contribution >= 0.6 is 0 Å². The summed E-state index contributed by atoms with van der Waals surface area (Å²) in [6, 6.07) is 7.52. The molecule has 26 heavy (non-hydrogen) atoms. The van der Waals surface area contributed by atoms with Gasteiger partial charge in [-0.15, -0.1) is 0 Å². The maximum Gasteiger partial charge on any atom is 0.224 e. The highest BCUT2D eigenvalue weighted by Crippen LogP contribution is 2.19. The Bertz CT molecular complexity index is 831. The highest BCUT2D eigenvalue weighted by Gasteiger charge is 2.25. The molecule has 0 saturated carbocycles. The number of carbonyl (C=O) groups excluding carboxylic acids is 1. The summed E-state index contributed by atoms with van der Waals surface area (Å²) >= 11 is 0. The summed E-state index contributed by atoms with van der Waals surface area (Å²) in [4.78, 5) is 30.2. The Morgan fingerprint density at radius 3 is 3.04 bits per heavy atom. The summed E-state index contributed by atoms with van der Waals surface area (Å²) in [6.07, 6.45) is 2.43. The zero-order valence-corrected chi connectivity index (χ0v) is 15.3. The summed E-state index contributed by atoms with van der Waals surface area (Å²) < 4.78 is 0. The van der Waals surface area contributed by atoms with Crippen LogP contribution in [0.15, 0.2) is 29.1 Å². The number of H-pyrrole nitrogens is 1. The number of amides is 1.